The Morgan fingerprint density at radius 2 is 1.73 bits per heavy atom. The molecule has 0 fully saturated rings. The van der Waals surface area contributed by atoms with Gasteiger partial charge >= 0.3 is 0 Å². The predicted molar refractivity (Wildman–Crippen MR) is 106 cm³/mol. The van der Waals surface area contributed by atoms with E-state index >= 15 is 0 Å². The van der Waals surface area contributed by atoms with Crippen LogP contribution in [0, 0.1) is 6.92 Å². The van der Waals surface area contributed by atoms with Gasteiger partial charge in [-0.2, -0.15) is 4.98 Å². The largest absolute Gasteiger partial charge is 0.350 e. The maximum Gasteiger partial charge on any atom is 0.225 e. The van der Waals surface area contributed by atoms with E-state index in [0.717, 1.165) is 28.1 Å². The number of benzene rings is 2. The van der Waals surface area contributed by atoms with Crippen LogP contribution >= 0.6 is 0 Å². The van der Waals surface area contributed by atoms with Gasteiger partial charge in [0.25, 0.3) is 0 Å². The highest BCUT2D eigenvalue weighted by atomic mass is 15.1. The zero-order valence-corrected chi connectivity index (χ0v) is 14.5. The minimum atomic E-state index is 0.601. The van der Waals surface area contributed by atoms with Crippen LogP contribution < -0.4 is 10.6 Å². The summed E-state index contributed by atoms with van der Waals surface area (Å²) in [6, 6.07) is 22.2. The second-order valence-corrected chi connectivity index (χ2v) is 6.06. The first-order valence-electron chi connectivity index (χ1n) is 8.52. The molecule has 0 saturated carbocycles. The van der Waals surface area contributed by atoms with Gasteiger partial charge in [-0.05, 0) is 24.6 Å². The van der Waals surface area contributed by atoms with Crippen molar-refractivity contribution in [3.63, 3.8) is 0 Å². The van der Waals surface area contributed by atoms with E-state index < -0.39 is 0 Å². The quantitative estimate of drug-likeness (QED) is 0.551. The predicted octanol–water partition coefficient (Wildman–Crippen LogP) is 4.69. The monoisotopic (exact) mass is 341 g/mol. The molecule has 2 heterocycles. The lowest BCUT2D eigenvalue weighted by molar-refractivity contribution is 1.03. The van der Waals surface area contributed by atoms with Crippen molar-refractivity contribution in [1.82, 2.24) is 15.0 Å². The van der Waals surface area contributed by atoms with Crippen LogP contribution in [0.4, 0.5) is 17.5 Å². The van der Waals surface area contributed by atoms with Crippen LogP contribution in [0.3, 0.4) is 0 Å². The summed E-state index contributed by atoms with van der Waals surface area (Å²) in [5.41, 5.74) is 3.93. The van der Waals surface area contributed by atoms with Gasteiger partial charge in [0.1, 0.15) is 5.82 Å². The molecule has 26 heavy (non-hydrogen) atoms. The van der Waals surface area contributed by atoms with Crippen molar-refractivity contribution >= 4 is 28.4 Å². The minimum absolute atomic E-state index is 0.601. The van der Waals surface area contributed by atoms with Crippen LogP contribution in [0.5, 0.6) is 0 Å². The van der Waals surface area contributed by atoms with E-state index in [1.165, 1.54) is 5.56 Å². The van der Waals surface area contributed by atoms with E-state index in [1.54, 1.807) is 6.20 Å². The number of nitrogens with one attached hydrogen (secondary N) is 2. The van der Waals surface area contributed by atoms with Crippen molar-refractivity contribution in [3.8, 4) is 0 Å². The first-order valence-corrected chi connectivity index (χ1v) is 8.52. The Bertz CT molecular complexity index is 1030. The summed E-state index contributed by atoms with van der Waals surface area (Å²) in [5, 5.41) is 7.75. The molecule has 2 aromatic heterocycles. The fourth-order valence-electron chi connectivity index (χ4n) is 2.83. The van der Waals surface area contributed by atoms with Crippen molar-refractivity contribution in [1.29, 1.82) is 0 Å². The molecule has 0 atom stereocenters. The summed E-state index contributed by atoms with van der Waals surface area (Å²) in [5.74, 6) is 1.34. The average Bonchev–Trinajstić information content (AvgIpc) is 2.67. The standard InChI is InChI=1S/C21H19N5/c1-15-13-19(25-18-11-5-9-17-10-6-12-22-20(17)18)26-21(24-15)23-14-16-7-3-2-4-8-16/h2-13H,14H2,1H3,(H2,23,24,25,26). The molecule has 0 radical (unpaired) electrons. The van der Waals surface area contributed by atoms with E-state index in [2.05, 4.69) is 37.7 Å². The topological polar surface area (TPSA) is 62.7 Å². The van der Waals surface area contributed by atoms with Crippen molar-refractivity contribution < 1.29 is 0 Å². The van der Waals surface area contributed by atoms with Crippen molar-refractivity contribution in [2.45, 2.75) is 13.5 Å². The first-order chi connectivity index (χ1) is 12.8. The Balaban J connectivity index is 1.58. The highest BCUT2D eigenvalue weighted by molar-refractivity contribution is 5.91. The van der Waals surface area contributed by atoms with Crippen LogP contribution in [0.2, 0.25) is 0 Å². The highest BCUT2D eigenvalue weighted by Gasteiger charge is 2.06. The lowest BCUT2D eigenvalue weighted by Crippen LogP contribution is -2.06. The van der Waals surface area contributed by atoms with E-state index in [4.69, 9.17) is 0 Å². The van der Waals surface area contributed by atoms with Crippen molar-refractivity contribution in [2.24, 2.45) is 0 Å². The zero-order chi connectivity index (χ0) is 17.8. The Kier molecular flexibility index (Phi) is 4.43. The Morgan fingerprint density at radius 1 is 0.885 bits per heavy atom. The maximum atomic E-state index is 4.59. The number of aromatic nitrogens is 3. The van der Waals surface area contributed by atoms with Gasteiger partial charge < -0.3 is 10.6 Å². The molecule has 0 bridgehead atoms. The molecule has 0 aliphatic carbocycles. The van der Waals surface area contributed by atoms with E-state index in [1.807, 2.05) is 61.5 Å². The summed E-state index contributed by atoms with van der Waals surface area (Å²) >= 11 is 0. The fourth-order valence-corrected chi connectivity index (χ4v) is 2.83. The van der Waals surface area contributed by atoms with Gasteiger partial charge in [0.2, 0.25) is 5.95 Å². The van der Waals surface area contributed by atoms with Gasteiger partial charge in [-0.3, -0.25) is 4.98 Å². The SMILES string of the molecule is Cc1cc(Nc2cccc3cccnc23)nc(NCc2ccccc2)n1. The smallest absolute Gasteiger partial charge is 0.225 e. The van der Waals surface area contributed by atoms with Gasteiger partial charge in [0.05, 0.1) is 11.2 Å². The Labute approximate surface area is 152 Å². The number of fused-ring (bicyclic) bond motifs is 1. The number of anilines is 3. The molecular weight excluding hydrogens is 322 g/mol. The summed E-state index contributed by atoms with van der Waals surface area (Å²) < 4.78 is 0. The third-order valence-electron chi connectivity index (χ3n) is 4.04. The molecule has 5 nitrogen and oxygen atoms in total. The lowest BCUT2D eigenvalue weighted by Gasteiger charge is -2.11. The number of hydrogen-bond donors (Lipinski definition) is 2. The molecule has 4 aromatic rings. The van der Waals surface area contributed by atoms with Gasteiger partial charge in [0.15, 0.2) is 0 Å². The summed E-state index contributed by atoms with van der Waals surface area (Å²) in [7, 11) is 0. The number of rotatable bonds is 5. The summed E-state index contributed by atoms with van der Waals surface area (Å²) in [4.78, 5) is 13.5. The molecule has 128 valence electrons. The molecule has 4 rings (SSSR count). The Morgan fingerprint density at radius 3 is 2.62 bits per heavy atom. The molecule has 0 aliphatic heterocycles. The van der Waals surface area contributed by atoms with Crippen LogP contribution in [-0.4, -0.2) is 15.0 Å². The third kappa shape index (κ3) is 3.62. The molecule has 2 aromatic carbocycles. The molecule has 5 heteroatoms. The summed E-state index contributed by atoms with van der Waals surface area (Å²) in [6.45, 7) is 2.64. The molecule has 0 aliphatic rings. The Hall–Kier alpha value is -3.47. The average molecular weight is 341 g/mol. The molecule has 0 spiro atoms. The van der Waals surface area contributed by atoms with Crippen molar-refractivity contribution in [3.05, 3.63) is 84.2 Å². The highest BCUT2D eigenvalue weighted by Crippen LogP contribution is 2.24. The third-order valence-corrected chi connectivity index (χ3v) is 4.04. The van der Waals surface area contributed by atoms with Crippen LogP contribution in [0.25, 0.3) is 10.9 Å². The minimum Gasteiger partial charge on any atom is -0.350 e. The number of nitrogens with zero attached hydrogens (tertiary/aromatic N) is 3. The maximum absolute atomic E-state index is 4.59. The van der Waals surface area contributed by atoms with E-state index in [-0.39, 0.29) is 0 Å². The summed E-state index contributed by atoms with van der Waals surface area (Å²) in [6.07, 6.45) is 1.80. The number of hydrogen-bond acceptors (Lipinski definition) is 5. The van der Waals surface area contributed by atoms with Gasteiger partial charge in [-0.1, -0.05) is 48.5 Å². The molecule has 0 amide bonds. The molecule has 2 N–H and O–H groups in total. The van der Waals surface area contributed by atoms with Gasteiger partial charge in [-0.15, -0.1) is 0 Å². The van der Waals surface area contributed by atoms with E-state index in [0.29, 0.717) is 12.5 Å². The molecule has 0 unspecified atom stereocenters. The molecular formula is C21H19N5. The van der Waals surface area contributed by atoms with E-state index in [9.17, 15) is 0 Å². The van der Waals surface area contributed by atoms with Crippen LogP contribution in [-0.2, 0) is 6.54 Å². The molecule has 0 saturated heterocycles. The fraction of sp³-hybridized carbons (Fsp3) is 0.0952. The first kappa shape index (κ1) is 16.0. The zero-order valence-electron chi connectivity index (χ0n) is 14.5. The second kappa shape index (κ2) is 7.19. The van der Waals surface area contributed by atoms with Crippen LogP contribution in [0.1, 0.15) is 11.3 Å². The van der Waals surface area contributed by atoms with Crippen LogP contribution in [0.15, 0.2) is 72.9 Å². The number of para-hydroxylation sites is 1. The lowest BCUT2D eigenvalue weighted by atomic mass is 10.2. The normalized spacial score (nSPS) is 10.7. The number of pyridine rings is 1. The number of aryl methyl sites for hydroxylation is 1. The second-order valence-electron chi connectivity index (χ2n) is 6.06. The van der Waals surface area contributed by atoms with Crippen molar-refractivity contribution in [2.75, 3.05) is 10.6 Å². The van der Waals surface area contributed by atoms with Gasteiger partial charge in [0, 0.05) is 29.9 Å². The van der Waals surface area contributed by atoms with Gasteiger partial charge in [-0.25, -0.2) is 4.98 Å².